The maximum absolute atomic E-state index is 13.8. The summed E-state index contributed by atoms with van der Waals surface area (Å²) in [5, 5.41) is 6.20. The minimum Gasteiger partial charge on any atom is -0.332 e. The number of amides is 1. The van der Waals surface area contributed by atoms with Crippen LogP contribution in [0, 0.1) is 0 Å². The van der Waals surface area contributed by atoms with E-state index in [-0.39, 0.29) is 35.4 Å². The fourth-order valence-electron chi connectivity index (χ4n) is 5.60. The molecule has 2 fully saturated rings. The topological polar surface area (TPSA) is 63.4 Å². The van der Waals surface area contributed by atoms with E-state index in [9.17, 15) is 13.6 Å². The Balaban J connectivity index is 1.43. The fraction of sp³-hybridized carbons (Fsp3) is 0.333. The number of piperidine rings is 1. The molecule has 4 heterocycles. The Morgan fingerprint density at radius 3 is 2.72 bits per heavy atom. The molecule has 162 valence electrons. The van der Waals surface area contributed by atoms with Gasteiger partial charge in [0.1, 0.15) is 12.0 Å². The number of rotatable bonds is 3. The van der Waals surface area contributed by atoms with Gasteiger partial charge < -0.3 is 4.90 Å². The van der Waals surface area contributed by atoms with Crippen molar-refractivity contribution < 1.29 is 13.6 Å². The van der Waals surface area contributed by atoms with Gasteiger partial charge in [-0.1, -0.05) is 36.4 Å². The SMILES string of the molecule is O=C(c1cccc2ccccc12)N1C2CCC(c3cc(C(F)F)nc4ncnn34)C1CC2. The van der Waals surface area contributed by atoms with Crippen LogP contribution in [0.4, 0.5) is 8.78 Å². The second-order valence-electron chi connectivity index (χ2n) is 8.60. The standard InChI is InChI=1S/C24H21F2N5O/c25-22(26)19-12-21(31-24(29-19)27-13-28-31)18-10-8-15-9-11-20(18)30(15)23(32)17-7-3-5-14-4-1-2-6-16(14)17/h1-7,12-13,15,18,20,22H,8-11H2. The van der Waals surface area contributed by atoms with Crippen LogP contribution in [0.1, 0.15) is 59.8 Å². The van der Waals surface area contributed by atoms with Crippen molar-refractivity contribution >= 4 is 22.5 Å². The number of benzene rings is 2. The third kappa shape index (κ3) is 2.89. The number of fused-ring (bicyclic) bond motifs is 4. The first-order valence-electron chi connectivity index (χ1n) is 10.9. The predicted molar refractivity (Wildman–Crippen MR) is 115 cm³/mol. The van der Waals surface area contributed by atoms with Crippen molar-refractivity contribution in [2.24, 2.45) is 0 Å². The van der Waals surface area contributed by atoms with Crippen LogP contribution in [0.2, 0.25) is 0 Å². The normalized spacial score (nSPS) is 22.8. The third-order valence-corrected chi connectivity index (χ3v) is 6.98. The summed E-state index contributed by atoms with van der Waals surface area (Å²) >= 11 is 0. The second kappa shape index (κ2) is 7.32. The average molecular weight is 433 g/mol. The molecule has 1 amide bonds. The molecule has 0 N–H and O–H groups in total. The minimum atomic E-state index is -2.69. The van der Waals surface area contributed by atoms with E-state index in [1.807, 2.05) is 47.4 Å². The van der Waals surface area contributed by atoms with Crippen LogP contribution in [0.3, 0.4) is 0 Å². The van der Waals surface area contributed by atoms with Gasteiger partial charge in [-0.25, -0.2) is 18.3 Å². The Labute approximate surface area is 182 Å². The molecular formula is C24H21F2N5O. The van der Waals surface area contributed by atoms with Crippen molar-refractivity contribution in [1.29, 1.82) is 0 Å². The van der Waals surface area contributed by atoms with Crippen molar-refractivity contribution in [1.82, 2.24) is 24.5 Å². The monoisotopic (exact) mass is 433 g/mol. The highest BCUT2D eigenvalue weighted by Gasteiger charge is 2.46. The van der Waals surface area contributed by atoms with Crippen molar-refractivity contribution in [3.05, 3.63) is 71.8 Å². The lowest BCUT2D eigenvalue weighted by molar-refractivity contribution is 0.0556. The zero-order valence-electron chi connectivity index (χ0n) is 17.2. The molecule has 6 rings (SSSR count). The first-order chi connectivity index (χ1) is 15.6. The Kier molecular flexibility index (Phi) is 4.41. The molecule has 2 aliphatic heterocycles. The van der Waals surface area contributed by atoms with Crippen LogP contribution in [-0.2, 0) is 0 Å². The van der Waals surface area contributed by atoms with E-state index in [2.05, 4.69) is 15.1 Å². The molecule has 8 heteroatoms. The van der Waals surface area contributed by atoms with E-state index in [0.717, 1.165) is 36.5 Å². The molecular weight excluding hydrogens is 412 g/mol. The summed E-state index contributed by atoms with van der Waals surface area (Å²) < 4.78 is 28.6. The van der Waals surface area contributed by atoms with E-state index in [4.69, 9.17) is 0 Å². The van der Waals surface area contributed by atoms with Gasteiger partial charge in [-0.3, -0.25) is 4.79 Å². The van der Waals surface area contributed by atoms with Crippen LogP contribution in [-0.4, -0.2) is 42.5 Å². The molecule has 2 aromatic heterocycles. The molecule has 6 nitrogen and oxygen atoms in total. The Morgan fingerprint density at radius 2 is 1.84 bits per heavy atom. The first-order valence-corrected chi connectivity index (χ1v) is 10.9. The molecule has 3 unspecified atom stereocenters. The van der Waals surface area contributed by atoms with Gasteiger partial charge in [0.2, 0.25) is 0 Å². The number of hydrogen-bond donors (Lipinski definition) is 0. The molecule has 4 aromatic rings. The molecule has 2 aliphatic rings. The van der Waals surface area contributed by atoms with Gasteiger partial charge in [0.05, 0.1) is 5.69 Å². The fourth-order valence-corrected chi connectivity index (χ4v) is 5.60. The second-order valence-corrected chi connectivity index (χ2v) is 8.60. The Hall–Kier alpha value is -3.42. The molecule has 0 aliphatic carbocycles. The van der Waals surface area contributed by atoms with Crippen LogP contribution in [0.5, 0.6) is 0 Å². The highest BCUT2D eigenvalue weighted by atomic mass is 19.3. The van der Waals surface area contributed by atoms with Gasteiger partial charge in [-0.15, -0.1) is 0 Å². The van der Waals surface area contributed by atoms with Crippen molar-refractivity contribution in [3.8, 4) is 0 Å². The van der Waals surface area contributed by atoms with Gasteiger partial charge in [0.25, 0.3) is 18.1 Å². The number of alkyl halides is 2. The summed E-state index contributed by atoms with van der Waals surface area (Å²) in [6, 6.07) is 15.2. The zero-order chi connectivity index (χ0) is 21.8. The first kappa shape index (κ1) is 19.3. The molecule has 0 radical (unpaired) electrons. The van der Waals surface area contributed by atoms with E-state index >= 15 is 0 Å². The maximum atomic E-state index is 13.8. The number of carbonyl (C=O) groups is 1. The highest BCUT2D eigenvalue weighted by molar-refractivity contribution is 6.07. The van der Waals surface area contributed by atoms with Crippen LogP contribution >= 0.6 is 0 Å². The van der Waals surface area contributed by atoms with Gasteiger partial charge >= 0.3 is 0 Å². The van der Waals surface area contributed by atoms with Gasteiger partial charge in [-0.2, -0.15) is 10.1 Å². The van der Waals surface area contributed by atoms with E-state index < -0.39 is 6.43 Å². The zero-order valence-corrected chi connectivity index (χ0v) is 17.2. The number of aromatic nitrogens is 4. The van der Waals surface area contributed by atoms with Gasteiger partial charge in [0, 0.05) is 23.6 Å². The lowest BCUT2D eigenvalue weighted by Crippen LogP contribution is -2.47. The number of carbonyl (C=O) groups excluding carboxylic acids is 1. The molecule has 3 atom stereocenters. The summed E-state index contributed by atoms with van der Waals surface area (Å²) in [6.45, 7) is 0. The van der Waals surface area contributed by atoms with Gasteiger partial charge in [0.15, 0.2) is 0 Å². The summed E-state index contributed by atoms with van der Waals surface area (Å²) in [7, 11) is 0. The van der Waals surface area contributed by atoms with Crippen molar-refractivity contribution in [3.63, 3.8) is 0 Å². The smallest absolute Gasteiger partial charge is 0.280 e. The van der Waals surface area contributed by atoms with E-state index in [1.165, 1.54) is 12.4 Å². The number of halogens is 2. The third-order valence-electron chi connectivity index (χ3n) is 6.98. The number of nitrogens with zero attached hydrogens (tertiary/aromatic N) is 5. The van der Waals surface area contributed by atoms with Gasteiger partial charge in [-0.05, 0) is 48.6 Å². The van der Waals surface area contributed by atoms with E-state index in [0.29, 0.717) is 11.3 Å². The lowest BCUT2D eigenvalue weighted by Gasteiger charge is -2.40. The number of hydrogen-bond acceptors (Lipinski definition) is 4. The quantitative estimate of drug-likeness (QED) is 0.467. The van der Waals surface area contributed by atoms with E-state index in [1.54, 1.807) is 4.52 Å². The molecule has 0 saturated carbocycles. The Morgan fingerprint density at radius 1 is 1.03 bits per heavy atom. The van der Waals surface area contributed by atoms with Crippen molar-refractivity contribution in [2.45, 2.75) is 50.1 Å². The predicted octanol–water partition coefficient (Wildman–Crippen LogP) is 4.77. The summed E-state index contributed by atoms with van der Waals surface area (Å²) in [6.07, 6.45) is 2.06. The highest BCUT2D eigenvalue weighted by Crippen LogP contribution is 2.45. The minimum absolute atomic E-state index is 0.0111. The average Bonchev–Trinajstić information content (AvgIpc) is 3.41. The Bertz CT molecular complexity index is 1330. The van der Waals surface area contributed by atoms with Crippen molar-refractivity contribution in [2.75, 3.05) is 0 Å². The maximum Gasteiger partial charge on any atom is 0.280 e. The van der Waals surface area contributed by atoms with Crippen LogP contribution in [0.15, 0.2) is 54.9 Å². The summed E-state index contributed by atoms with van der Waals surface area (Å²) in [4.78, 5) is 23.8. The van der Waals surface area contributed by atoms with Crippen LogP contribution < -0.4 is 0 Å². The lowest BCUT2D eigenvalue weighted by atomic mass is 9.86. The summed E-state index contributed by atoms with van der Waals surface area (Å²) in [5.74, 6) is 0.0826. The molecule has 0 spiro atoms. The molecule has 2 aromatic carbocycles. The molecule has 2 bridgehead atoms. The largest absolute Gasteiger partial charge is 0.332 e. The molecule has 32 heavy (non-hydrogen) atoms. The summed E-state index contributed by atoms with van der Waals surface area (Å²) in [5.41, 5.74) is 1.05. The van der Waals surface area contributed by atoms with Crippen LogP contribution in [0.25, 0.3) is 16.6 Å². The molecule has 2 saturated heterocycles.